The van der Waals surface area contributed by atoms with E-state index in [1.165, 1.54) is 18.2 Å². The number of amides is 1. The van der Waals surface area contributed by atoms with E-state index in [9.17, 15) is 13.2 Å². The molecule has 1 amide bonds. The fourth-order valence-electron chi connectivity index (χ4n) is 2.31. The van der Waals surface area contributed by atoms with Gasteiger partial charge in [-0.1, -0.05) is 30.3 Å². The SMILES string of the molecule is O=C(Nc1cccc(I)c1)c1cccc(NS(=O)(=O)c2ccccc2)c1. The molecule has 0 spiro atoms. The predicted octanol–water partition coefficient (Wildman–Crippen LogP) is 4.34. The third kappa shape index (κ3) is 4.61. The van der Waals surface area contributed by atoms with Crippen molar-refractivity contribution < 1.29 is 13.2 Å². The third-order valence-corrected chi connectivity index (χ3v) is 5.58. The number of hydrogen-bond donors (Lipinski definition) is 2. The lowest BCUT2D eigenvalue weighted by Gasteiger charge is -2.10. The van der Waals surface area contributed by atoms with Gasteiger partial charge in [-0.15, -0.1) is 0 Å². The minimum absolute atomic E-state index is 0.161. The van der Waals surface area contributed by atoms with Crippen molar-refractivity contribution in [3.8, 4) is 0 Å². The topological polar surface area (TPSA) is 75.3 Å². The van der Waals surface area contributed by atoms with Gasteiger partial charge in [0.15, 0.2) is 0 Å². The maximum atomic E-state index is 12.4. The highest BCUT2D eigenvalue weighted by atomic mass is 127. The van der Waals surface area contributed by atoms with Gasteiger partial charge in [-0.25, -0.2) is 8.42 Å². The Kier molecular flexibility index (Phi) is 5.58. The van der Waals surface area contributed by atoms with Gasteiger partial charge in [0.05, 0.1) is 4.90 Å². The number of sulfonamides is 1. The van der Waals surface area contributed by atoms with Crippen LogP contribution in [0.15, 0.2) is 83.8 Å². The molecule has 3 aromatic rings. The Balaban J connectivity index is 1.79. The molecule has 5 nitrogen and oxygen atoms in total. The quantitative estimate of drug-likeness (QED) is 0.536. The molecule has 0 aliphatic rings. The van der Waals surface area contributed by atoms with Crippen LogP contribution in [0.4, 0.5) is 11.4 Å². The van der Waals surface area contributed by atoms with Crippen molar-refractivity contribution in [3.05, 3.63) is 88.0 Å². The summed E-state index contributed by atoms with van der Waals surface area (Å²) in [4.78, 5) is 12.6. The Hall–Kier alpha value is -2.39. The van der Waals surface area contributed by atoms with E-state index in [4.69, 9.17) is 0 Å². The molecule has 0 heterocycles. The van der Waals surface area contributed by atoms with Gasteiger partial charge in [0.25, 0.3) is 15.9 Å². The van der Waals surface area contributed by atoms with Crippen molar-refractivity contribution in [2.75, 3.05) is 10.0 Å². The highest BCUT2D eigenvalue weighted by Crippen LogP contribution is 2.18. The van der Waals surface area contributed by atoms with Crippen molar-refractivity contribution >= 4 is 49.9 Å². The number of halogens is 1. The summed E-state index contributed by atoms with van der Waals surface area (Å²) in [5.41, 5.74) is 1.36. The number of hydrogen-bond acceptors (Lipinski definition) is 3. The van der Waals surface area contributed by atoms with Crippen LogP contribution in [0.2, 0.25) is 0 Å². The summed E-state index contributed by atoms with van der Waals surface area (Å²) >= 11 is 2.16. The summed E-state index contributed by atoms with van der Waals surface area (Å²) in [6.45, 7) is 0. The van der Waals surface area contributed by atoms with Crippen LogP contribution in [0, 0.1) is 3.57 Å². The fourth-order valence-corrected chi connectivity index (χ4v) is 3.92. The maximum absolute atomic E-state index is 12.4. The lowest BCUT2D eigenvalue weighted by atomic mass is 10.2. The van der Waals surface area contributed by atoms with E-state index < -0.39 is 10.0 Å². The smallest absolute Gasteiger partial charge is 0.261 e. The molecule has 0 aliphatic carbocycles. The Morgan fingerprint density at radius 1 is 0.808 bits per heavy atom. The number of carbonyl (C=O) groups excluding carboxylic acids is 1. The van der Waals surface area contributed by atoms with E-state index in [2.05, 4.69) is 32.6 Å². The van der Waals surface area contributed by atoms with Crippen molar-refractivity contribution in [2.24, 2.45) is 0 Å². The van der Waals surface area contributed by atoms with E-state index in [0.717, 1.165) is 3.57 Å². The molecule has 7 heteroatoms. The summed E-state index contributed by atoms with van der Waals surface area (Å²) in [6.07, 6.45) is 0. The molecular formula is C19H15IN2O3S. The third-order valence-electron chi connectivity index (χ3n) is 3.51. The van der Waals surface area contributed by atoms with Crippen LogP contribution in [0.25, 0.3) is 0 Å². The molecule has 132 valence electrons. The number of anilines is 2. The Morgan fingerprint density at radius 2 is 1.50 bits per heavy atom. The number of carbonyl (C=O) groups is 1. The second-order valence-electron chi connectivity index (χ2n) is 5.46. The van der Waals surface area contributed by atoms with Crippen LogP contribution in [0.3, 0.4) is 0 Å². The Bertz CT molecular complexity index is 1040. The minimum Gasteiger partial charge on any atom is -0.322 e. The van der Waals surface area contributed by atoms with Crippen LogP contribution in [0.5, 0.6) is 0 Å². The molecule has 0 unspecified atom stereocenters. The van der Waals surface area contributed by atoms with E-state index in [1.54, 1.807) is 42.5 Å². The van der Waals surface area contributed by atoms with E-state index in [1.807, 2.05) is 18.2 Å². The van der Waals surface area contributed by atoms with Crippen LogP contribution in [-0.2, 0) is 10.0 Å². The van der Waals surface area contributed by atoms with Crippen LogP contribution in [-0.4, -0.2) is 14.3 Å². The second kappa shape index (κ2) is 7.88. The minimum atomic E-state index is -3.70. The molecule has 0 aromatic heterocycles. The Morgan fingerprint density at radius 3 is 2.23 bits per heavy atom. The first-order valence-corrected chi connectivity index (χ1v) is 10.3. The molecule has 2 N–H and O–H groups in total. The van der Waals surface area contributed by atoms with Gasteiger partial charge < -0.3 is 5.32 Å². The van der Waals surface area contributed by atoms with Crippen molar-refractivity contribution in [1.82, 2.24) is 0 Å². The van der Waals surface area contributed by atoms with Crippen LogP contribution >= 0.6 is 22.6 Å². The zero-order valence-corrected chi connectivity index (χ0v) is 16.5. The van der Waals surface area contributed by atoms with Gasteiger partial charge in [0.2, 0.25) is 0 Å². The van der Waals surface area contributed by atoms with Gasteiger partial charge in [-0.05, 0) is 71.1 Å². The molecule has 0 aliphatic heterocycles. The van der Waals surface area contributed by atoms with Gasteiger partial charge in [-0.3, -0.25) is 9.52 Å². The lowest BCUT2D eigenvalue weighted by molar-refractivity contribution is 0.102. The highest BCUT2D eigenvalue weighted by molar-refractivity contribution is 14.1. The summed E-state index contributed by atoms with van der Waals surface area (Å²) in [5.74, 6) is -0.312. The summed E-state index contributed by atoms with van der Waals surface area (Å²) < 4.78 is 28.3. The van der Waals surface area contributed by atoms with Gasteiger partial charge in [-0.2, -0.15) is 0 Å². The normalized spacial score (nSPS) is 11.0. The highest BCUT2D eigenvalue weighted by Gasteiger charge is 2.14. The van der Waals surface area contributed by atoms with Crippen molar-refractivity contribution in [1.29, 1.82) is 0 Å². The monoisotopic (exact) mass is 478 g/mol. The molecule has 0 bridgehead atoms. The van der Waals surface area contributed by atoms with Crippen LogP contribution < -0.4 is 10.0 Å². The zero-order valence-electron chi connectivity index (χ0n) is 13.5. The molecule has 3 rings (SSSR count). The number of rotatable bonds is 5. The van der Waals surface area contributed by atoms with Gasteiger partial charge in [0, 0.05) is 20.5 Å². The average Bonchev–Trinajstić information content (AvgIpc) is 2.62. The van der Waals surface area contributed by atoms with Crippen molar-refractivity contribution in [2.45, 2.75) is 4.90 Å². The second-order valence-corrected chi connectivity index (χ2v) is 8.39. The van der Waals surface area contributed by atoms with Gasteiger partial charge in [0.1, 0.15) is 0 Å². The standard InChI is InChI=1S/C19H15IN2O3S/c20-15-7-5-8-16(13-15)21-19(23)14-6-4-9-17(12-14)22-26(24,25)18-10-2-1-3-11-18/h1-13,22H,(H,21,23). The van der Waals surface area contributed by atoms with Gasteiger partial charge >= 0.3 is 0 Å². The predicted molar refractivity (Wildman–Crippen MR) is 111 cm³/mol. The molecule has 0 fully saturated rings. The van der Waals surface area contributed by atoms with E-state index >= 15 is 0 Å². The number of nitrogens with one attached hydrogen (secondary N) is 2. The van der Waals surface area contributed by atoms with Crippen LogP contribution in [0.1, 0.15) is 10.4 Å². The lowest BCUT2D eigenvalue weighted by Crippen LogP contribution is -2.15. The fraction of sp³-hybridized carbons (Fsp3) is 0. The molecule has 26 heavy (non-hydrogen) atoms. The molecule has 0 radical (unpaired) electrons. The summed E-state index contributed by atoms with van der Waals surface area (Å²) in [7, 11) is -3.70. The molecular weight excluding hydrogens is 463 g/mol. The maximum Gasteiger partial charge on any atom is 0.261 e. The largest absolute Gasteiger partial charge is 0.322 e. The first-order chi connectivity index (χ1) is 12.4. The first kappa shape index (κ1) is 18.4. The van der Waals surface area contributed by atoms with Crippen molar-refractivity contribution in [3.63, 3.8) is 0 Å². The summed E-state index contributed by atoms with van der Waals surface area (Å²) in [5, 5.41) is 2.80. The Labute approximate surface area is 165 Å². The molecule has 0 atom stereocenters. The summed E-state index contributed by atoms with van der Waals surface area (Å²) in [6, 6.07) is 21.8. The van der Waals surface area contributed by atoms with E-state index in [0.29, 0.717) is 16.9 Å². The molecule has 0 saturated heterocycles. The molecule has 0 saturated carbocycles. The zero-order chi connectivity index (χ0) is 18.6. The number of benzene rings is 3. The first-order valence-electron chi connectivity index (χ1n) is 7.69. The van der Waals surface area contributed by atoms with E-state index in [-0.39, 0.29) is 10.8 Å². The average molecular weight is 478 g/mol. The molecule has 3 aromatic carbocycles.